The molecule has 1 aliphatic heterocycles. The molecule has 2 atom stereocenters. The van der Waals surface area contributed by atoms with Crippen molar-refractivity contribution in [3.8, 4) is 5.75 Å². The molecule has 0 saturated carbocycles. The summed E-state index contributed by atoms with van der Waals surface area (Å²) in [4.78, 5) is 24.7. The molecule has 1 saturated heterocycles. The number of amides is 1. The number of phenolic OH excluding ortho intramolecular Hbond substituents is 1. The van der Waals surface area contributed by atoms with Crippen molar-refractivity contribution < 1.29 is 28.9 Å². The van der Waals surface area contributed by atoms with E-state index in [0.29, 0.717) is 13.1 Å². The predicted molar refractivity (Wildman–Crippen MR) is 100 cm³/mol. The molecule has 28 heavy (non-hydrogen) atoms. The standard InChI is InChI=1S/C20H21FN2O5/c21-15-10-23(9-13-5-7-14(8-6-13)20(26)27)11-18(15)28-12-19(25)22-16-3-1-2-4-17(16)24/h1-8,15,18,24H,9-12H2,(H,22,25)(H,26,27)/t15-,18+/m1/s1. The molecular weight excluding hydrogens is 367 g/mol. The predicted octanol–water partition coefficient (Wildman–Crippen LogP) is 2.27. The average Bonchev–Trinajstić information content (AvgIpc) is 3.01. The molecule has 8 heteroatoms. The molecule has 1 heterocycles. The maximum absolute atomic E-state index is 14.2. The fraction of sp³-hybridized carbons (Fsp3) is 0.300. The SMILES string of the molecule is O=C(CO[C@H]1CN(Cc2ccc(C(=O)O)cc2)C[C@H]1F)Nc1ccccc1O. The van der Waals surface area contributed by atoms with Gasteiger partial charge in [0.1, 0.15) is 24.6 Å². The van der Waals surface area contributed by atoms with Crippen LogP contribution in [0.2, 0.25) is 0 Å². The minimum atomic E-state index is -1.23. The number of nitrogens with one attached hydrogen (secondary N) is 1. The summed E-state index contributed by atoms with van der Waals surface area (Å²) in [7, 11) is 0. The Bertz CT molecular complexity index is 843. The number of benzene rings is 2. The topological polar surface area (TPSA) is 99.1 Å². The molecule has 0 aromatic heterocycles. The second-order valence-electron chi connectivity index (χ2n) is 6.63. The van der Waals surface area contributed by atoms with Crippen molar-refractivity contribution in [2.24, 2.45) is 0 Å². The van der Waals surface area contributed by atoms with Crippen LogP contribution in [0.25, 0.3) is 0 Å². The van der Waals surface area contributed by atoms with Crippen molar-refractivity contribution in [3.63, 3.8) is 0 Å². The highest BCUT2D eigenvalue weighted by atomic mass is 19.1. The van der Waals surface area contributed by atoms with Gasteiger partial charge in [0.2, 0.25) is 5.91 Å². The van der Waals surface area contributed by atoms with Crippen molar-refractivity contribution in [2.75, 3.05) is 25.0 Å². The van der Waals surface area contributed by atoms with Crippen molar-refractivity contribution in [1.82, 2.24) is 4.90 Å². The maximum Gasteiger partial charge on any atom is 0.335 e. The molecule has 2 aromatic carbocycles. The van der Waals surface area contributed by atoms with Gasteiger partial charge in [-0.3, -0.25) is 9.69 Å². The van der Waals surface area contributed by atoms with Crippen LogP contribution in [0.3, 0.4) is 0 Å². The van der Waals surface area contributed by atoms with Crippen LogP contribution in [0.5, 0.6) is 5.75 Å². The van der Waals surface area contributed by atoms with Gasteiger partial charge in [0.05, 0.1) is 11.3 Å². The number of likely N-dealkylation sites (tertiary alicyclic amines) is 1. The number of alkyl halides is 1. The number of hydrogen-bond donors (Lipinski definition) is 3. The first kappa shape index (κ1) is 19.8. The van der Waals surface area contributed by atoms with Crippen molar-refractivity contribution in [1.29, 1.82) is 0 Å². The number of aromatic hydroxyl groups is 1. The fourth-order valence-corrected chi connectivity index (χ4v) is 3.05. The van der Waals surface area contributed by atoms with E-state index < -0.39 is 24.2 Å². The van der Waals surface area contributed by atoms with Crippen LogP contribution in [-0.4, -0.2) is 59.0 Å². The zero-order chi connectivity index (χ0) is 20.1. The molecule has 0 unspecified atom stereocenters. The summed E-state index contributed by atoms with van der Waals surface area (Å²) in [5.41, 5.74) is 1.34. The third-order valence-electron chi connectivity index (χ3n) is 4.49. The minimum absolute atomic E-state index is 0.0554. The van der Waals surface area contributed by atoms with Crippen molar-refractivity contribution in [3.05, 3.63) is 59.7 Å². The lowest BCUT2D eigenvalue weighted by Crippen LogP contribution is -2.29. The lowest BCUT2D eigenvalue weighted by atomic mass is 10.1. The third-order valence-corrected chi connectivity index (χ3v) is 4.49. The second kappa shape index (κ2) is 8.81. The Morgan fingerprint density at radius 1 is 1.14 bits per heavy atom. The molecule has 2 aromatic rings. The van der Waals surface area contributed by atoms with Gasteiger partial charge in [-0.05, 0) is 29.8 Å². The van der Waals surface area contributed by atoms with Crippen LogP contribution >= 0.6 is 0 Å². The number of hydrogen-bond acceptors (Lipinski definition) is 5. The smallest absolute Gasteiger partial charge is 0.335 e. The Balaban J connectivity index is 1.47. The quantitative estimate of drug-likeness (QED) is 0.630. The van der Waals surface area contributed by atoms with Gasteiger partial charge < -0.3 is 20.3 Å². The Morgan fingerprint density at radius 3 is 2.54 bits per heavy atom. The number of ether oxygens (including phenoxy) is 1. The van der Waals surface area contributed by atoms with E-state index in [2.05, 4.69) is 5.32 Å². The molecule has 0 bridgehead atoms. The number of nitrogens with zero attached hydrogens (tertiary/aromatic N) is 1. The molecule has 1 fully saturated rings. The van der Waals surface area contributed by atoms with E-state index in [9.17, 15) is 19.1 Å². The van der Waals surface area contributed by atoms with Crippen LogP contribution in [0, 0.1) is 0 Å². The van der Waals surface area contributed by atoms with Crippen molar-refractivity contribution in [2.45, 2.75) is 18.8 Å². The number of rotatable bonds is 7. The molecule has 1 amide bonds. The van der Waals surface area contributed by atoms with E-state index in [0.717, 1.165) is 5.56 Å². The number of carboxylic acid groups (broad SMARTS) is 1. The number of anilines is 1. The van der Waals surface area contributed by atoms with Gasteiger partial charge in [-0.15, -0.1) is 0 Å². The van der Waals surface area contributed by atoms with Crippen LogP contribution < -0.4 is 5.32 Å². The Morgan fingerprint density at radius 2 is 1.86 bits per heavy atom. The van der Waals surface area contributed by atoms with Crippen molar-refractivity contribution >= 4 is 17.6 Å². The lowest BCUT2D eigenvalue weighted by Gasteiger charge is -2.16. The highest BCUT2D eigenvalue weighted by Gasteiger charge is 2.34. The normalized spacial score (nSPS) is 19.5. The fourth-order valence-electron chi connectivity index (χ4n) is 3.05. The van der Waals surface area contributed by atoms with Gasteiger partial charge in [-0.2, -0.15) is 0 Å². The number of phenols is 1. The molecule has 3 rings (SSSR count). The largest absolute Gasteiger partial charge is 0.506 e. The Labute approximate surface area is 161 Å². The van der Waals surface area contributed by atoms with E-state index in [1.807, 2.05) is 4.90 Å². The summed E-state index contributed by atoms with van der Waals surface area (Å²) in [5.74, 6) is -1.52. The molecule has 0 aliphatic carbocycles. The first-order valence-corrected chi connectivity index (χ1v) is 8.80. The number of carboxylic acids is 1. The Hall–Kier alpha value is -2.97. The molecule has 1 aliphatic rings. The summed E-state index contributed by atoms with van der Waals surface area (Å²) < 4.78 is 19.7. The highest BCUT2D eigenvalue weighted by molar-refractivity contribution is 5.93. The van der Waals surface area contributed by atoms with Gasteiger partial charge in [0.25, 0.3) is 0 Å². The summed E-state index contributed by atoms with van der Waals surface area (Å²) in [6.45, 7) is 0.642. The monoisotopic (exact) mass is 388 g/mol. The molecule has 0 spiro atoms. The zero-order valence-electron chi connectivity index (χ0n) is 15.0. The van der Waals surface area contributed by atoms with Gasteiger partial charge in [0.15, 0.2) is 0 Å². The molecule has 0 radical (unpaired) electrons. The number of para-hydroxylation sites is 2. The van der Waals surface area contributed by atoms with Gasteiger partial charge in [-0.25, -0.2) is 9.18 Å². The Kier molecular flexibility index (Phi) is 6.23. The van der Waals surface area contributed by atoms with Gasteiger partial charge in [0, 0.05) is 19.6 Å². The highest BCUT2D eigenvalue weighted by Crippen LogP contribution is 2.22. The minimum Gasteiger partial charge on any atom is -0.506 e. The number of aromatic carboxylic acids is 1. The lowest BCUT2D eigenvalue weighted by molar-refractivity contribution is -0.123. The van der Waals surface area contributed by atoms with Crippen LogP contribution in [0.15, 0.2) is 48.5 Å². The second-order valence-corrected chi connectivity index (χ2v) is 6.63. The van der Waals surface area contributed by atoms with E-state index in [-0.39, 0.29) is 30.2 Å². The summed E-state index contributed by atoms with van der Waals surface area (Å²) in [5, 5.41) is 21.1. The van der Waals surface area contributed by atoms with Gasteiger partial charge >= 0.3 is 5.97 Å². The first-order chi connectivity index (χ1) is 13.4. The van der Waals surface area contributed by atoms with Crippen LogP contribution in [-0.2, 0) is 16.1 Å². The average molecular weight is 388 g/mol. The maximum atomic E-state index is 14.2. The van der Waals surface area contributed by atoms with Gasteiger partial charge in [-0.1, -0.05) is 24.3 Å². The molecule has 7 nitrogen and oxygen atoms in total. The van der Waals surface area contributed by atoms with Crippen LogP contribution in [0.4, 0.5) is 10.1 Å². The van der Waals surface area contributed by atoms with Crippen LogP contribution in [0.1, 0.15) is 15.9 Å². The van der Waals surface area contributed by atoms with E-state index in [1.165, 1.54) is 18.2 Å². The number of halogens is 1. The van der Waals surface area contributed by atoms with E-state index >= 15 is 0 Å². The summed E-state index contributed by atoms with van der Waals surface area (Å²) in [6, 6.07) is 12.7. The first-order valence-electron chi connectivity index (χ1n) is 8.80. The number of carbonyl (C=O) groups is 2. The molecule has 3 N–H and O–H groups in total. The van der Waals surface area contributed by atoms with E-state index in [1.54, 1.807) is 30.3 Å². The third kappa shape index (κ3) is 5.05. The molecular formula is C20H21FN2O5. The summed E-state index contributed by atoms with van der Waals surface area (Å²) in [6.07, 6.45) is -1.95. The summed E-state index contributed by atoms with van der Waals surface area (Å²) >= 11 is 0. The molecule has 148 valence electrons. The number of carbonyl (C=O) groups excluding carboxylic acids is 1. The van der Waals surface area contributed by atoms with E-state index in [4.69, 9.17) is 9.84 Å². The zero-order valence-corrected chi connectivity index (χ0v) is 15.0.